The average Bonchev–Trinajstić information content (AvgIpc) is 3.52. The van der Waals surface area contributed by atoms with Crippen molar-refractivity contribution in [1.82, 2.24) is 9.55 Å². The number of aromatic nitrogens is 2. The van der Waals surface area contributed by atoms with Gasteiger partial charge in [0, 0.05) is 18.0 Å². The summed E-state index contributed by atoms with van der Waals surface area (Å²) in [5.41, 5.74) is 3.08. The van der Waals surface area contributed by atoms with Gasteiger partial charge in [0.25, 0.3) is 0 Å². The molecule has 0 amide bonds. The van der Waals surface area contributed by atoms with Crippen molar-refractivity contribution in [2.75, 3.05) is 6.26 Å². The molecule has 5 rings (SSSR count). The first-order valence-electron chi connectivity index (χ1n) is 11.6. The van der Waals surface area contributed by atoms with Gasteiger partial charge >= 0.3 is 0 Å². The Bertz CT molecular complexity index is 1610. The van der Waals surface area contributed by atoms with E-state index in [2.05, 4.69) is 6.07 Å². The van der Waals surface area contributed by atoms with E-state index in [0.29, 0.717) is 21.6 Å². The summed E-state index contributed by atoms with van der Waals surface area (Å²) in [6.45, 7) is 0. The topological polar surface area (TPSA) is 75.8 Å². The molecule has 0 bridgehead atoms. The van der Waals surface area contributed by atoms with Crippen molar-refractivity contribution >= 4 is 33.0 Å². The number of hydrogen-bond acceptors (Lipinski definition) is 4. The van der Waals surface area contributed by atoms with Crippen LogP contribution < -0.4 is 0 Å². The molecule has 36 heavy (non-hydrogen) atoms. The fourth-order valence-electron chi connectivity index (χ4n) is 4.82. The number of rotatable bonds is 5. The monoisotopic (exact) mass is 535 g/mol. The molecular weight excluding hydrogens is 513 g/mol. The molecule has 0 atom stereocenters. The van der Waals surface area contributed by atoms with Crippen LogP contribution >= 0.6 is 23.2 Å². The Balaban J connectivity index is 1.65. The van der Waals surface area contributed by atoms with E-state index in [-0.39, 0.29) is 4.90 Å². The number of nitriles is 1. The minimum absolute atomic E-state index is 0.249. The molecule has 0 unspecified atom stereocenters. The zero-order valence-corrected chi connectivity index (χ0v) is 21.9. The van der Waals surface area contributed by atoms with Crippen molar-refractivity contribution in [2.24, 2.45) is 0 Å². The van der Waals surface area contributed by atoms with Crippen LogP contribution in [0.3, 0.4) is 0 Å². The summed E-state index contributed by atoms with van der Waals surface area (Å²) in [4.78, 5) is 5.18. The first kappa shape index (κ1) is 24.6. The van der Waals surface area contributed by atoms with E-state index >= 15 is 0 Å². The number of imidazole rings is 1. The zero-order valence-electron chi connectivity index (χ0n) is 19.6. The molecule has 0 radical (unpaired) electrons. The lowest BCUT2D eigenvalue weighted by Crippen LogP contribution is -2.19. The van der Waals surface area contributed by atoms with Crippen LogP contribution in [0.1, 0.15) is 31.4 Å². The van der Waals surface area contributed by atoms with Crippen LogP contribution in [0, 0.1) is 11.3 Å². The lowest BCUT2D eigenvalue weighted by molar-refractivity contribution is 0.557. The van der Waals surface area contributed by atoms with Crippen molar-refractivity contribution in [3.8, 4) is 34.3 Å². The maximum atomic E-state index is 12.0. The molecule has 1 aliphatic rings. The van der Waals surface area contributed by atoms with Gasteiger partial charge in [0.15, 0.2) is 9.84 Å². The molecule has 8 heteroatoms. The molecule has 1 aliphatic carbocycles. The van der Waals surface area contributed by atoms with Crippen LogP contribution in [0.15, 0.2) is 77.8 Å². The van der Waals surface area contributed by atoms with Crippen LogP contribution in [0.25, 0.3) is 28.2 Å². The van der Waals surface area contributed by atoms with Crippen LogP contribution in [-0.2, 0) is 15.3 Å². The van der Waals surface area contributed by atoms with E-state index in [0.717, 1.165) is 48.1 Å². The lowest BCUT2D eigenvalue weighted by Gasteiger charge is -2.16. The number of nitrogens with zero attached hydrogens (tertiary/aromatic N) is 3. The average molecular weight is 536 g/mol. The zero-order chi connectivity index (χ0) is 25.5. The van der Waals surface area contributed by atoms with Crippen molar-refractivity contribution < 1.29 is 8.42 Å². The van der Waals surface area contributed by atoms with Gasteiger partial charge in [-0.25, -0.2) is 13.4 Å². The van der Waals surface area contributed by atoms with E-state index in [1.807, 2.05) is 59.3 Å². The van der Waals surface area contributed by atoms with Gasteiger partial charge in [-0.05, 0) is 60.4 Å². The minimum atomic E-state index is -3.33. The van der Waals surface area contributed by atoms with Gasteiger partial charge in [0.05, 0.1) is 32.4 Å². The minimum Gasteiger partial charge on any atom is -0.298 e. The highest BCUT2D eigenvalue weighted by Crippen LogP contribution is 2.42. The van der Waals surface area contributed by atoms with Crippen molar-refractivity contribution in [2.45, 2.75) is 36.0 Å². The summed E-state index contributed by atoms with van der Waals surface area (Å²) in [7, 11) is -3.33. The van der Waals surface area contributed by atoms with Crippen molar-refractivity contribution in [3.63, 3.8) is 0 Å². The number of benzene rings is 3. The Kier molecular flexibility index (Phi) is 6.42. The van der Waals surface area contributed by atoms with Crippen LogP contribution in [0.2, 0.25) is 10.0 Å². The Morgan fingerprint density at radius 3 is 2.33 bits per heavy atom. The predicted octanol–water partition coefficient (Wildman–Crippen LogP) is 7.25. The smallest absolute Gasteiger partial charge is 0.175 e. The third kappa shape index (κ3) is 4.43. The second-order valence-corrected chi connectivity index (χ2v) is 12.0. The maximum absolute atomic E-state index is 12.0. The predicted molar refractivity (Wildman–Crippen MR) is 143 cm³/mol. The summed E-state index contributed by atoms with van der Waals surface area (Å²) in [6.07, 6.45) is 6.61. The van der Waals surface area contributed by atoms with Gasteiger partial charge in [-0.2, -0.15) is 5.26 Å². The maximum Gasteiger partial charge on any atom is 0.175 e. The Morgan fingerprint density at radius 2 is 1.67 bits per heavy atom. The highest BCUT2D eigenvalue weighted by Gasteiger charge is 2.39. The van der Waals surface area contributed by atoms with E-state index in [9.17, 15) is 13.7 Å². The molecule has 3 aromatic carbocycles. The number of halogens is 2. The Morgan fingerprint density at radius 1 is 0.944 bits per heavy atom. The van der Waals surface area contributed by atoms with Gasteiger partial charge in [-0.15, -0.1) is 0 Å². The van der Waals surface area contributed by atoms with Gasteiger partial charge in [-0.3, -0.25) is 4.57 Å². The summed E-state index contributed by atoms with van der Waals surface area (Å²) >= 11 is 13.4. The highest BCUT2D eigenvalue weighted by molar-refractivity contribution is 7.90. The Labute approximate surface area is 220 Å². The second kappa shape index (κ2) is 9.40. The van der Waals surface area contributed by atoms with Crippen LogP contribution in [-0.4, -0.2) is 24.2 Å². The molecule has 0 spiro atoms. The fourth-order valence-corrected chi connectivity index (χ4v) is 5.98. The summed E-state index contributed by atoms with van der Waals surface area (Å²) < 4.78 is 25.9. The van der Waals surface area contributed by atoms with Gasteiger partial charge in [-0.1, -0.05) is 66.4 Å². The van der Waals surface area contributed by atoms with Crippen molar-refractivity contribution in [3.05, 3.63) is 88.7 Å². The summed E-state index contributed by atoms with van der Waals surface area (Å²) in [5, 5.41) is 11.1. The standard InChI is InChI=1S/C28H23Cl2N3O2S/c1-36(34,35)21-8-6-7-19(15-21)20-11-12-25(24(30)16-20)33-17-26(28(18-31)13-4-5-14-28)32-27(33)22-9-2-3-10-23(22)29/h2-3,6-12,15-17H,4-5,13-14H2,1H3. The fraction of sp³-hybridized carbons (Fsp3) is 0.214. The molecule has 182 valence electrons. The molecule has 4 aromatic rings. The third-order valence-corrected chi connectivity index (χ3v) is 8.53. The quantitative estimate of drug-likeness (QED) is 0.269. The molecule has 1 saturated carbocycles. The normalized spacial score (nSPS) is 15.1. The summed E-state index contributed by atoms with van der Waals surface area (Å²) in [6, 6.07) is 22.4. The Hall–Kier alpha value is -3.11. The first-order valence-corrected chi connectivity index (χ1v) is 14.2. The molecular formula is C28H23Cl2N3O2S. The van der Waals surface area contributed by atoms with Gasteiger partial charge in [0.1, 0.15) is 11.2 Å². The van der Waals surface area contributed by atoms with Gasteiger partial charge in [0.2, 0.25) is 0 Å². The van der Waals surface area contributed by atoms with E-state index < -0.39 is 15.3 Å². The number of hydrogen-bond donors (Lipinski definition) is 0. The molecule has 5 nitrogen and oxygen atoms in total. The molecule has 0 N–H and O–H groups in total. The second-order valence-electron chi connectivity index (χ2n) is 9.17. The number of sulfone groups is 1. The lowest BCUT2D eigenvalue weighted by atomic mass is 9.85. The van der Waals surface area contributed by atoms with Crippen LogP contribution in [0.4, 0.5) is 0 Å². The first-order chi connectivity index (χ1) is 17.2. The van der Waals surface area contributed by atoms with Crippen LogP contribution in [0.5, 0.6) is 0 Å². The molecule has 0 saturated heterocycles. The molecule has 1 aromatic heterocycles. The third-order valence-electron chi connectivity index (χ3n) is 6.78. The molecule has 0 aliphatic heterocycles. The summed E-state index contributed by atoms with van der Waals surface area (Å²) in [5.74, 6) is 0.617. The SMILES string of the molecule is CS(=O)(=O)c1cccc(-c2ccc(-n3cc(C4(C#N)CCCC4)nc3-c3ccccc3Cl)c(Cl)c2)c1. The van der Waals surface area contributed by atoms with E-state index in [1.165, 1.54) is 6.26 Å². The largest absolute Gasteiger partial charge is 0.298 e. The van der Waals surface area contributed by atoms with Crippen molar-refractivity contribution in [1.29, 1.82) is 5.26 Å². The van der Waals surface area contributed by atoms with Gasteiger partial charge < -0.3 is 0 Å². The molecule has 1 fully saturated rings. The van der Waals surface area contributed by atoms with E-state index in [1.54, 1.807) is 18.2 Å². The highest BCUT2D eigenvalue weighted by atomic mass is 35.5. The van der Waals surface area contributed by atoms with E-state index in [4.69, 9.17) is 28.2 Å². The molecule has 1 heterocycles.